The lowest BCUT2D eigenvalue weighted by molar-refractivity contribution is 0.283. The Hall–Kier alpha value is -0.0831. The summed E-state index contributed by atoms with van der Waals surface area (Å²) >= 11 is 0. The Morgan fingerprint density at radius 1 is 1.07 bits per heavy atom. The van der Waals surface area contributed by atoms with Gasteiger partial charge < -0.3 is 5.11 Å². The molecule has 14 heavy (non-hydrogen) atoms. The van der Waals surface area contributed by atoms with E-state index in [4.69, 9.17) is 0 Å². The van der Waals surface area contributed by atoms with Crippen molar-refractivity contribution in [2.45, 2.75) is 58.5 Å². The fourth-order valence-corrected chi connectivity index (χ4v) is 2.49. The molecule has 0 fully saturated rings. The van der Waals surface area contributed by atoms with E-state index >= 15 is 0 Å². The summed E-state index contributed by atoms with van der Waals surface area (Å²) in [6, 6.07) is 0. The number of aliphatic hydroxyl groups excluding tert-OH is 1. The summed E-state index contributed by atoms with van der Waals surface area (Å²) in [5, 5.41) is 10.4. The first-order chi connectivity index (χ1) is 6.09. The Balaban J connectivity index is 4.60. The molecule has 0 aliphatic carbocycles. The van der Waals surface area contributed by atoms with E-state index in [9.17, 15) is 5.11 Å². The summed E-state index contributed by atoms with van der Waals surface area (Å²) in [7, 11) is -1.61. The summed E-state index contributed by atoms with van der Waals surface area (Å²) in [5.41, 5.74) is -0.232. The summed E-state index contributed by atoms with van der Waals surface area (Å²) in [6.45, 7) is 15.5. The molecule has 0 amide bonds. The third-order valence-corrected chi connectivity index (χ3v) is 8.89. The van der Waals surface area contributed by atoms with E-state index in [0.29, 0.717) is 5.92 Å². The Labute approximate surface area is 90.2 Å². The topological polar surface area (TPSA) is 20.2 Å². The molecule has 0 radical (unpaired) electrons. The van der Waals surface area contributed by atoms with Gasteiger partial charge in [-0.1, -0.05) is 59.9 Å². The van der Waals surface area contributed by atoms with Crippen LogP contribution in [0.2, 0.25) is 18.1 Å². The molecular formula is C12H26OSi. The lowest BCUT2D eigenvalue weighted by atomic mass is 10.2. The number of hydrogen-bond acceptors (Lipinski definition) is 1. The van der Waals surface area contributed by atoms with Crippen LogP contribution in [0.5, 0.6) is 0 Å². The predicted octanol–water partition coefficient (Wildman–Crippen LogP) is 3.61. The van der Waals surface area contributed by atoms with Gasteiger partial charge in [0.05, 0.1) is 13.8 Å². The van der Waals surface area contributed by atoms with E-state index < -0.39 is 8.07 Å². The number of aliphatic hydroxyl groups is 1. The van der Waals surface area contributed by atoms with Gasteiger partial charge in [-0.05, 0) is 11.0 Å². The second-order valence-corrected chi connectivity index (χ2v) is 11.6. The van der Waals surface area contributed by atoms with Crippen LogP contribution in [0.4, 0.5) is 0 Å². The normalized spacial score (nSPS) is 16.6. The molecule has 0 aromatic carbocycles. The molecule has 0 aromatic heterocycles. The minimum Gasteiger partial charge on any atom is -0.393 e. The van der Waals surface area contributed by atoms with Crippen LogP contribution in [-0.4, -0.2) is 18.9 Å². The molecular weight excluding hydrogens is 188 g/mol. The standard InChI is InChI=1S/C12H26OSi/c1-10(2)8-9-11(13)14(6,7)12(3,4)5/h8-11,13H,1-7H3/b9-8+. The maximum Gasteiger partial charge on any atom is 0.0914 e. The summed E-state index contributed by atoms with van der Waals surface area (Å²) in [5.74, 6) is 0.523. The maximum absolute atomic E-state index is 10.1. The van der Waals surface area contributed by atoms with Gasteiger partial charge in [0.2, 0.25) is 0 Å². The van der Waals surface area contributed by atoms with Gasteiger partial charge in [-0.3, -0.25) is 0 Å². The van der Waals surface area contributed by atoms with Crippen LogP contribution in [0.3, 0.4) is 0 Å². The van der Waals surface area contributed by atoms with E-state index in [1.165, 1.54) is 0 Å². The Bertz CT molecular complexity index is 199. The van der Waals surface area contributed by atoms with Gasteiger partial charge in [-0.25, -0.2) is 0 Å². The second-order valence-electron chi connectivity index (χ2n) is 6.05. The van der Waals surface area contributed by atoms with Crippen LogP contribution in [-0.2, 0) is 0 Å². The molecule has 0 saturated carbocycles. The van der Waals surface area contributed by atoms with E-state index in [0.717, 1.165) is 0 Å². The smallest absolute Gasteiger partial charge is 0.0914 e. The van der Waals surface area contributed by atoms with Crippen molar-refractivity contribution in [3.05, 3.63) is 12.2 Å². The second kappa shape index (κ2) is 4.62. The first kappa shape index (κ1) is 13.9. The molecule has 1 nitrogen and oxygen atoms in total. The molecule has 0 rings (SSSR count). The Morgan fingerprint density at radius 2 is 1.50 bits per heavy atom. The SMILES string of the molecule is CC(C)/C=C/C(O)[Si](C)(C)C(C)(C)C. The van der Waals surface area contributed by atoms with Crippen molar-refractivity contribution in [2.24, 2.45) is 5.92 Å². The van der Waals surface area contributed by atoms with Gasteiger partial charge in [0, 0.05) is 0 Å². The molecule has 0 aliphatic heterocycles. The van der Waals surface area contributed by atoms with Crippen molar-refractivity contribution in [1.29, 1.82) is 0 Å². The monoisotopic (exact) mass is 214 g/mol. The lowest BCUT2D eigenvalue weighted by Crippen LogP contribution is -2.48. The van der Waals surface area contributed by atoms with Gasteiger partial charge in [-0.15, -0.1) is 0 Å². The zero-order chi connectivity index (χ0) is 11.6. The van der Waals surface area contributed by atoms with Crippen LogP contribution < -0.4 is 0 Å². The molecule has 0 heterocycles. The van der Waals surface area contributed by atoms with E-state index in [2.05, 4.69) is 53.8 Å². The highest BCUT2D eigenvalue weighted by atomic mass is 28.3. The van der Waals surface area contributed by atoms with Gasteiger partial charge in [-0.2, -0.15) is 0 Å². The Morgan fingerprint density at radius 3 is 1.79 bits per heavy atom. The van der Waals surface area contributed by atoms with Gasteiger partial charge in [0.15, 0.2) is 0 Å². The third-order valence-electron chi connectivity index (χ3n) is 3.35. The fraction of sp³-hybridized carbons (Fsp3) is 0.833. The first-order valence-corrected chi connectivity index (χ1v) is 8.53. The first-order valence-electron chi connectivity index (χ1n) is 5.45. The highest BCUT2D eigenvalue weighted by Gasteiger charge is 2.40. The van der Waals surface area contributed by atoms with Crippen molar-refractivity contribution in [3.63, 3.8) is 0 Å². The third kappa shape index (κ3) is 3.58. The van der Waals surface area contributed by atoms with Crippen LogP contribution in [0.25, 0.3) is 0 Å². The quantitative estimate of drug-likeness (QED) is 0.562. The zero-order valence-corrected chi connectivity index (χ0v) is 11.8. The minimum atomic E-state index is -1.61. The molecule has 1 N–H and O–H groups in total. The maximum atomic E-state index is 10.1. The minimum absolute atomic E-state index is 0.232. The van der Waals surface area contributed by atoms with E-state index in [1.807, 2.05) is 6.08 Å². The van der Waals surface area contributed by atoms with E-state index in [-0.39, 0.29) is 10.8 Å². The number of rotatable bonds is 3. The van der Waals surface area contributed by atoms with Crippen molar-refractivity contribution in [2.75, 3.05) is 0 Å². The van der Waals surface area contributed by atoms with Gasteiger partial charge in [0.25, 0.3) is 0 Å². The van der Waals surface area contributed by atoms with Crippen molar-refractivity contribution >= 4 is 8.07 Å². The fourth-order valence-electron chi connectivity index (χ4n) is 1.01. The number of hydrogen-bond donors (Lipinski definition) is 1. The molecule has 2 heteroatoms. The van der Waals surface area contributed by atoms with Gasteiger partial charge >= 0.3 is 0 Å². The van der Waals surface area contributed by atoms with Crippen LogP contribution in [0, 0.1) is 5.92 Å². The molecule has 1 atom stereocenters. The van der Waals surface area contributed by atoms with Crippen LogP contribution in [0.15, 0.2) is 12.2 Å². The average Bonchev–Trinajstić information content (AvgIpc) is 1.97. The summed E-state index contributed by atoms with van der Waals surface area (Å²) in [4.78, 5) is 0. The van der Waals surface area contributed by atoms with Crippen LogP contribution >= 0.6 is 0 Å². The molecule has 84 valence electrons. The summed E-state index contributed by atoms with van der Waals surface area (Å²) < 4.78 is 0. The summed E-state index contributed by atoms with van der Waals surface area (Å²) in [6.07, 6.45) is 4.09. The average molecular weight is 214 g/mol. The number of allylic oxidation sites excluding steroid dienone is 1. The van der Waals surface area contributed by atoms with Crippen molar-refractivity contribution in [1.82, 2.24) is 0 Å². The van der Waals surface area contributed by atoms with Crippen LogP contribution in [0.1, 0.15) is 34.6 Å². The molecule has 0 spiro atoms. The zero-order valence-electron chi connectivity index (χ0n) is 10.8. The van der Waals surface area contributed by atoms with Crippen molar-refractivity contribution < 1.29 is 5.11 Å². The molecule has 0 aliphatic rings. The Kier molecular flexibility index (Phi) is 4.60. The predicted molar refractivity (Wildman–Crippen MR) is 67.2 cm³/mol. The van der Waals surface area contributed by atoms with E-state index in [1.54, 1.807) is 0 Å². The molecule has 0 saturated heterocycles. The highest BCUT2D eigenvalue weighted by Crippen LogP contribution is 2.38. The van der Waals surface area contributed by atoms with Crippen molar-refractivity contribution in [3.8, 4) is 0 Å². The molecule has 0 bridgehead atoms. The van der Waals surface area contributed by atoms with Gasteiger partial charge in [0.1, 0.15) is 0 Å². The molecule has 0 aromatic rings. The largest absolute Gasteiger partial charge is 0.393 e. The molecule has 1 unspecified atom stereocenters. The highest BCUT2D eigenvalue weighted by molar-refractivity contribution is 6.81. The lowest BCUT2D eigenvalue weighted by Gasteiger charge is -2.39.